The zero-order valence-electron chi connectivity index (χ0n) is 10.3. The molecule has 0 aliphatic heterocycles. The third kappa shape index (κ3) is 3.05. The maximum Gasteiger partial charge on any atom is 0.0361 e. The molecule has 2 rings (SSSR count). The Morgan fingerprint density at radius 3 is 2.69 bits per heavy atom. The summed E-state index contributed by atoms with van der Waals surface area (Å²) in [4.78, 5) is 0. The largest absolute Gasteiger partial charge is 0.353 e. The van der Waals surface area contributed by atoms with Crippen molar-refractivity contribution in [1.29, 1.82) is 0 Å². The zero-order valence-corrected chi connectivity index (χ0v) is 11.1. The van der Waals surface area contributed by atoms with Crippen LogP contribution in [0, 0.1) is 0 Å². The summed E-state index contributed by atoms with van der Waals surface area (Å²) in [5.41, 5.74) is 1.38. The molecule has 0 radical (unpaired) electrons. The van der Waals surface area contributed by atoms with Crippen LogP contribution >= 0.6 is 11.8 Å². The Kier molecular flexibility index (Phi) is 4.36. The second-order valence-corrected chi connectivity index (χ2v) is 5.84. The van der Waals surface area contributed by atoms with Gasteiger partial charge in [-0.1, -0.05) is 0 Å². The van der Waals surface area contributed by atoms with Crippen LogP contribution in [0.4, 0.5) is 0 Å². The van der Waals surface area contributed by atoms with Crippen molar-refractivity contribution in [3.8, 4) is 0 Å². The van der Waals surface area contributed by atoms with Gasteiger partial charge in [0.1, 0.15) is 0 Å². The van der Waals surface area contributed by atoms with Crippen LogP contribution in [0.5, 0.6) is 0 Å². The molecule has 0 aromatic carbocycles. The van der Waals surface area contributed by atoms with Crippen molar-refractivity contribution in [3.05, 3.63) is 24.0 Å². The van der Waals surface area contributed by atoms with E-state index in [1.165, 1.54) is 31.4 Å². The minimum Gasteiger partial charge on any atom is -0.353 e. The first kappa shape index (κ1) is 12.1. The van der Waals surface area contributed by atoms with Crippen LogP contribution in [0.15, 0.2) is 18.3 Å². The van der Waals surface area contributed by atoms with Gasteiger partial charge in [0.15, 0.2) is 0 Å². The number of hydrogen-bond acceptors (Lipinski definition) is 2. The molecule has 1 N–H and O–H groups in total. The lowest BCUT2D eigenvalue weighted by molar-refractivity contribution is 0.376. The topological polar surface area (TPSA) is 17.0 Å². The average molecular weight is 238 g/mol. The van der Waals surface area contributed by atoms with E-state index in [0.717, 1.165) is 17.8 Å². The lowest BCUT2D eigenvalue weighted by atomic mass is 9.95. The van der Waals surface area contributed by atoms with Crippen LogP contribution < -0.4 is 5.32 Å². The van der Waals surface area contributed by atoms with E-state index >= 15 is 0 Å². The zero-order chi connectivity index (χ0) is 11.4. The van der Waals surface area contributed by atoms with Gasteiger partial charge in [0.2, 0.25) is 0 Å². The second-order valence-electron chi connectivity index (χ2n) is 4.70. The summed E-state index contributed by atoms with van der Waals surface area (Å²) < 4.78 is 2.19. The molecule has 2 nitrogen and oxygen atoms in total. The van der Waals surface area contributed by atoms with E-state index in [-0.39, 0.29) is 0 Å². The summed E-state index contributed by atoms with van der Waals surface area (Å²) in [5.74, 6) is 0. The molecule has 1 aliphatic carbocycles. The van der Waals surface area contributed by atoms with Gasteiger partial charge < -0.3 is 9.88 Å². The van der Waals surface area contributed by atoms with Gasteiger partial charge in [0.25, 0.3) is 0 Å². The molecule has 1 saturated carbocycles. The minimum atomic E-state index is 0.735. The van der Waals surface area contributed by atoms with Crippen molar-refractivity contribution in [3.63, 3.8) is 0 Å². The number of aromatic nitrogens is 1. The maximum absolute atomic E-state index is 3.68. The first-order valence-corrected chi connectivity index (χ1v) is 7.44. The van der Waals surface area contributed by atoms with Gasteiger partial charge in [-0.15, -0.1) is 0 Å². The predicted octanol–water partition coefficient (Wildman–Crippen LogP) is 2.79. The molecule has 0 spiro atoms. The quantitative estimate of drug-likeness (QED) is 0.868. The van der Waals surface area contributed by atoms with Crippen molar-refractivity contribution in [2.45, 2.75) is 43.5 Å². The highest BCUT2D eigenvalue weighted by Crippen LogP contribution is 2.26. The molecule has 1 aromatic heterocycles. The fourth-order valence-electron chi connectivity index (χ4n) is 2.43. The highest BCUT2D eigenvalue weighted by molar-refractivity contribution is 7.99. The molecule has 3 heteroatoms. The summed E-state index contributed by atoms with van der Waals surface area (Å²) >= 11 is 2.03. The number of nitrogens with one attached hydrogen (secondary N) is 1. The lowest BCUT2D eigenvalue weighted by Gasteiger charge is -2.28. The fourth-order valence-corrected chi connectivity index (χ4v) is 3.18. The molecular weight excluding hydrogens is 216 g/mol. The van der Waals surface area contributed by atoms with Gasteiger partial charge in [0.05, 0.1) is 0 Å². The Morgan fingerprint density at radius 1 is 1.38 bits per heavy atom. The van der Waals surface area contributed by atoms with E-state index in [1.807, 2.05) is 11.8 Å². The molecule has 16 heavy (non-hydrogen) atoms. The molecule has 1 heterocycles. The fraction of sp³-hybridized carbons (Fsp3) is 0.692. The second kappa shape index (κ2) is 5.78. The molecule has 0 unspecified atom stereocenters. The highest BCUT2D eigenvalue weighted by Gasteiger charge is 2.19. The van der Waals surface area contributed by atoms with Crippen molar-refractivity contribution < 1.29 is 0 Å². The summed E-state index contributed by atoms with van der Waals surface area (Å²) in [6.45, 7) is 1.01. The van der Waals surface area contributed by atoms with E-state index in [9.17, 15) is 0 Å². The van der Waals surface area contributed by atoms with Crippen molar-refractivity contribution in [1.82, 2.24) is 9.88 Å². The minimum absolute atomic E-state index is 0.735. The number of rotatable bonds is 4. The van der Waals surface area contributed by atoms with Crippen molar-refractivity contribution in [2.24, 2.45) is 7.05 Å². The summed E-state index contributed by atoms with van der Waals surface area (Å²) in [7, 11) is 2.11. The summed E-state index contributed by atoms with van der Waals surface area (Å²) in [6, 6.07) is 5.04. The van der Waals surface area contributed by atoms with Crippen LogP contribution in [0.2, 0.25) is 0 Å². The van der Waals surface area contributed by atoms with Gasteiger partial charge in [-0.05, 0) is 44.1 Å². The average Bonchev–Trinajstić information content (AvgIpc) is 2.73. The molecule has 0 atom stereocenters. The van der Waals surface area contributed by atoms with Crippen LogP contribution in [-0.4, -0.2) is 22.1 Å². The normalized spacial score (nSPS) is 25.9. The summed E-state index contributed by atoms with van der Waals surface area (Å²) in [6.07, 6.45) is 9.80. The lowest BCUT2D eigenvalue weighted by Crippen LogP contribution is -2.33. The van der Waals surface area contributed by atoms with Gasteiger partial charge in [0, 0.05) is 36.8 Å². The Morgan fingerprint density at radius 2 is 2.12 bits per heavy atom. The Balaban J connectivity index is 1.73. The third-order valence-electron chi connectivity index (χ3n) is 3.63. The van der Waals surface area contributed by atoms with E-state index in [4.69, 9.17) is 0 Å². The molecular formula is C13H22N2S. The van der Waals surface area contributed by atoms with Crippen LogP contribution in [0.1, 0.15) is 31.4 Å². The van der Waals surface area contributed by atoms with E-state index in [2.05, 4.69) is 41.5 Å². The van der Waals surface area contributed by atoms with Gasteiger partial charge in [-0.25, -0.2) is 0 Å². The maximum atomic E-state index is 3.68. The first-order valence-electron chi connectivity index (χ1n) is 6.16. The summed E-state index contributed by atoms with van der Waals surface area (Å²) in [5, 5.41) is 4.59. The van der Waals surface area contributed by atoms with Crippen LogP contribution in [0.25, 0.3) is 0 Å². The molecule has 1 fully saturated rings. The Labute approximate surface area is 103 Å². The van der Waals surface area contributed by atoms with E-state index in [0.29, 0.717) is 0 Å². The Bertz CT molecular complexity index is 313. The number of nitrogens with zero attached hydrogens (tertiary/aromatic N) is 1. The molecule has 90 valence electrons. The van der Waals surface area contributed by atoms with Gasteiger partial charge >= 0.3 is 0 Å². The van der Waals surface area contributed by atoms with E-state index in [1.54, 1.807) is 0 Å². The van der Waals surface area contributed by atoms with Gasteiger partial charge in [-0.2, -0.15) is 11.8 Å². The molecule has 0 saturated heterocycles. The first-order chi connectivity index (χ1) is 7.79. The SMILES string of the molecule is CSC1CCC(NCc2cccn2C)CC1. The smallest absolute Gasteiger partial charge is 0.0361 e. The van der Waals surface area contributed by atoms with Gasteiger partial charge in [-0.3, -0.25) is 0 Å². The van der Waals surface area contributed by atoms with Crippen LogP contribution in [0.3, 0.4) is 0 Å². The van der Waals surface area contributed by atoms with Crippen molar-refractivity contribution in [2.75, 3.05) is 6.26 Å². The predicted molar refractivity (Wildman–Crippen MR) is 71.8 cm³/mol. The third-order valence-corrected chi connectivity index (χ3v) is 4.77. The van der Waals surface area contributed by atoms with E-state index < -0.39 is 0 Å². The molecule has 0 bridgehead atoms. The number of aryl methyl sites for hydroxylation is 1. The number of hydrogen-bond donors (Lipinski definition) is 1. The standard InChI is InChI=1S/C13H22N2S/c1-15-9-3-4-12(15)10-14-11-5-7-13(16-2)8-6-11/h3-4,9,11,13-14H,5-8,10H2,1-2H3. The molecule has 1 aromatic rings. The van der Waals surface area contributed by atoms with Crippen molar-refractivity contribution >= 4 is 11.8 Å². The molecule has 1 aliphatic rings. The number of thioether (sulfide) groups is 1. The van der Waals surface area contributed by atoms with Crippen LogP contribution in [-0.2, 0) is 13.6 Å². The Hall–Kier alpha value is -0.410. The monoisotopic (exact) mass is 238 g/mol. The molecule has 0 amide bonds. The highest BCUT2D eigenvalue weighted by atomic mass is 32.2.